The predicted octanol–water partition coefficient (Wildman–Crippen LogP) is 1.99. The van der Waals surface area contributed by atoms with E-state index < -0.39 is 23.7 Å². The first-order valence-electron chi connectivity index (χ1n) is 5.34. The lowest BCUT2D eigenvalue weighted by atomic mass is 10.2. The lowest BCUT2D eigenvalue weighted by Crippen LogP contribution is -2.09. The third kappa shape index (κ3) is 2.72. The first-order valence-corrected chi connectivity index (χ1v) is 5.34. The van der Waals surface area contributed by atoms with Crippen molar-refractivity contribution in [3.05, 3.63) is 11.3 Å². The summed E-state index contributed by atoms with van der Waals surface area (Å²) in [6.45, 7) is 3.92. The van der Waals surface area contributed by atoms with Crippen molar-refractivity contribution < 1.29 is 18.3 Å². The van der Waals surface area contributed by atoms with Crippen molar-refractivity contribution in [3.63, 3.8) is 0 Å². The Morgan fingerprint density at radius 2 is 2.18 bits per heavy atom. The number of alkyl halides is 2. The van der Waals surface area contributed by atoms with Crippen molar-refractivity contribution in [1.29, 1.82) is 0 Å². The zero-order chi connectivity index (χ0) is 13.0. The Bertz CT molecular complexity index is 405. The molecule has 96 valence electrons. The van der Waals surface area contributed by atoms with Gasteiger partial charge in [-0.1, -0.05) is 6.92 Å². The number of ether oxygens (including phenoxy) is 1. The molecule has 0 saturated carbocycles. The molecule has 0 atom stereocenters. The third-order valence-corrected chi connectivity index (χ3v) is 2.15. The average molecular weight is 247 g/mol. The van der Waals surface area contributed by atoms with Crippen LogP contribution in [0.4, 0.5) is 14.6 Å². The van der Waals surface area contributed by atoms with Gasteiger partial charge in [-0.3, -0.25) is 0 Å². The van der Waals surface area contributed by atoms with Gasteiger partial charge >= 0.3 is 5.97 Å². The number of nitrogens with two attached hydrogens (primary N) is 1. The molecule has 0 aromatic carbocycles. The van der Waals surface area contributed by atoms with E-state index in [4.69, 9.17) is 5.73 Å². The quantitative estimate of drug-likeness (QED) is 0.808. The monoisotopic (exact) mass is 247 g/mol. The van der Waals surface area contributed by atoms with Gasteiger partial charge in [0.25, 0.3) is 6.43 Å². The number of carbonyl (C=O) groups is 1. The molecule has 0 aliphatic heterocycles. The van der Waals surface area contributed by atoms with Crippen LogP contribution in [0.3, 0.4) is 0 Å². The number of hydrogen-bond donors (Lipinski definition) is 1. The summed E-state index contributed by atoms with van der Waals surface area (Å²) in [7, 11) is 0. The van der Waals surface area contributed by atoms with E-state index >= 15 is 0 Å². The van der Waals surface area contributed by atoms with Crippen LogP contribution >= 0.6 is 0 Å². The lowest BCUT2D eigenvalue weighted by Gasteiger charge is -2.02. The van der Waals surface area contributed by atoms with E-state index in [1.54, 1.807) is 6.92 Å². The molecule has 0 aliphatic carbocycles. The van der Waals surface area contributed by atoms with Gasteiger partial charge in [0.1, 0.15) is 5.82 Å². The van der Waals surface area contributed by atoms with Crippen molar-refractivity contribution >= 4 is 11.8 Å². The maximum atomic E-state index is 12.8. The minimum absolute atomic E-state index is 0.0993. The highest BCUT2D eigenvalue weighted by Crippen LogP contribution is 2.29. The second-order valence-corrected chi connectivity index (χ2v) is 3.39. The Morgan fingerprint density at radius 3 is 2.65 bits per heavy atom. The Kier molecular flexibility index (Phi) is 4.42. The van der Waals surface area contributed by atoms with Gasteiger partial charge in [-0.15, -0.1) is 0 Å². The highest BCUT2D eigenvalue weighted by molar-refractivity contribution is 5.90. The average Bonchev–Trinajstić information content (AvgIpc) is 2.57. The lowest BCUT2D eigenvalue weighted by molar-refractivity contribution is 0.0508. The van der Waals surface area contributed by atoms with Crippen LogP contribution in [0.2, 0.25) is 0 Å². The second-order valence-electron chi connectivity index (χ2n) is 3.39. The third-order valence-electron chi connectivity index (χ3n) is 2.15. The van der Waals surface area contributed by atoms with Gasteiger partial charge in [-0.25, -0.2) is 18.3 Å². The summed E-state index contributed by atoms with van der Waals surface area (Å²) in [5, 5.41) is 3.78. The molecule has 0 aliphatic rings. The summed E-state index contributed by atoms with van der Waals surface area (Å²) in [4.78, 5) is 11.5. The van der Waals surface area contributed by atoms with Crippen LogP contribution in [0.5, 0.6) is 0 Å². The number of carbonyl (C=O) groups excluding carboxylic acids is 1. The van der Waals surface area contributed by atoms with Gasteiger partial charge in [0.15, 0.2) is 5.69 Å². The number of nitrogen functional groups attached to an aromatic ring is 1. The fourth-order valence-corrected chi connectivity index (χ4v) is 1.44. The predicted molar refractivity (Wildman–Crippen MR) is 57.8 cm³/mol. The SMILES string of the molecule is CCCn1nc(C(=O)OCC)c(C(F)F)c1N. The topological polar surface area (TPSA) is 70.1 Å². The van der Waals surface area contributed by atoms with Crippen LogP contribution in [0, 0.1) is 0 Å². The molecule has 0 spiro atoms. The number of aryl methyl sites for hydroxylation is 1. The molecule has 17 heavy (non-hydrogen) atoms. The van der Waals surface area contributed by atoms with Gasteiger partial charge in [0.05, 0.1) is 12.2 Å². The van der Waals surface area contributed by atoms with Gasteiger partial charge in [0.2, 0.25) is 0 Å². The summed E-state index contributed by atoms with van der Waals surface area (Å²) in [6.07, 6.45) is -2.17. The normalized spacial score (nSPS) is 10.9. The summed E-state index contributed by atoms with van der Waals surface area (Å²) in [6, 6.07) is 0. The van der Waals surface area contributed by atoms with Crippen molar-refractivity contribution in [2.24, 2.45) is 0 Å². The number of aromatic nitrogens is 2. The Labute approximate surface area is 97.5 Å². The fourth-order valence-electron chi connectivity index (χ4n) is 1.44. The molecule has 1 aromatic heterocycles. The summed E-state index contributed by atoms with van der Waals surface area (Å²) in [5.41, 5.74) is 4.60. The molecule has 0 saturated heterocycles. The first kappa shape index (κ1) is 13.4. The summed E-state index contributed by atoms with van der Waals surface area (Å²) >= 11 is 0. The highest BCUT2D eigenvalue weighted by Gasteiger charge is 2.28. The van der Waals surface area contributed by atoms with Gasteiger partial charge < -0.3 is 10.5 Å². The molecule has 2 N–H and O–H groups in total. The number of hydrogen-bond acceptors (Lipinski definition) is 4. The van der Waals surface area contributed by atoms with E-state index in [0.29, 0.717) is 13.0 Å². The molecule has 1 aromatic rings. The Balaban J connectivity index is 3.18. The first-order chi connectivity index (χ1) is 8.02. The van der Waals surface area contributed by atoms with Crippen molar-refractivity contribution in [2.75, 3.05) is 12.3 Å². The molecule has 0 unspecified atom stereocenters. The molecular weight excluding hydrogens is 232 g/mol. The standard InChI is InChI=1S/C10H15F2N3O2/c1-3-5-15-9(13)6(8(11)12)7(14-15)10(16)17-4-2/h8H,3-5,13H2,1-2H3. The zero-order valence-corrected chi connectivity index (χ0v) is 9.74. The van der Waals surface area contributed by atoms with E-state index in [1.807, 2.05) is 6.92 Å². The molecule has 0 amide bonds. The molecule has 5 nitrogen and oxygen atoms in total. The van der Waals surface area contributed by atoms with Crippen LogP contribution in [0.15, 0.2) is 0 Å². The molecule has 0 fully saturated rings. The summed E-state index contributed by atoms with van der Waals surface area (Å²) < 4.78 is 31.5. The van der Waals surface area contributed by atoms with Crippen LogP contribution in [-0.4, -0.2) is 22.4 Å². The molecule has 0 bridgehead atoms. The van der Waals surface area contributed by atoms with E-state index in [2.05, 4.69) is 9.84 Å². The molecular formula is C10H15F2N3O2. The van der Waals surface area contributed by atoms with Crippen LogP contribution in [0.1, 0.15) is 42.7 Å². The van der Waals surface area contributed by atoms with Crippen molar-refractivity contribution in [1.82, 2.24) is 9.78 Å². The minimum atomic E-state index is -2.85. The van der Waals surface area contributed by atoms with Crippen LogP contribution in [-0.2, 0) is 11.3 Å². The van der Waals surface area contributed by atoms with E-state index in [1.165, 1.54) is 4.68 Å². The van der Waals surface area contributed by atoms with Crippen molar-refractivity contribution in [2.45, 2.75) is 33.2 Å². The largest absolute Gasteiger partial charge is 0.461 e. The van der Waals surface area contributed by atoms with E-state index in [0.717, 1.165) is 0 Å². The molecule has 7 heteroatoms. The number of anilines is 1. The van der Waals surface area contributed by atoms with Gasteiger partial charge in [-0.05, 0) is 13.3 Å². The van der Waals surface area contributed by atoms with E-state index in [9.17, 15) is 13.6 Å². The summed E-state index contributed by atoms with van der Waals surface area (Å²) in [5.74, 6) is -1.05. The maximum Gasteiger partial charge on any atom is 0.359 e. The Morgan fingerprint density at radius 1 is 1.53 bits per heavy atom. The number of nitrogens with zero attached hydrogens (tertiary/aromatic N) is 2. The fraction of sp³-hybridized carbons (Fsp3) is 0.600. The van der Waals surface area contributed by atoms with Crippen molar-refractivity contribution in [3.8, 4) is 0 Å². The van der Waals surface area contributed by atoms with Gasteiger partial charge in [-0.2, -0.15) is 5.10 Å². The van der Waals surface area contributed by atoms with Crippen LogP contribution in [0.25, 0.3) is 0 Å². The van der Waals surface area contributed by atoms with E-state index in [-0.39, 0.29) is 12.4 Å². The molecule has 1 heterocycles. The zero-order valence-electron chi connectivity index (χ0n) is 9.74. The highest BCUT2D eigenvalue weighted by atomic mass is 19.3. The maximum absolute atomic E-state index is 12.8. The molecule has 0 radical (unpaired) electrons. The number of rotatable bonds is 5. The van der Waals surface area contributed by atoms with Crippen LogP contribution < -0.4 is 5.73 Å². The smallest absolute Gasteiger partial charge is 0.359 e. The molecule has 1 rings (SSSR count). The second kappa shape index (κ2) is 5.60. The van der Waals surface area contributed by atoms with Gasteiger partial charge in [0, 0.05) is 6.54 Å². The minimum Gasteiger partial charge on any atom is -0.461 e. The number of esters is 1. The Hall–Kier alpha value is -1.66. The number of halogens is 2.